The molecule has 0 spiro atoms. The molecule has 1 aliphatic heterocycles. The van der Waals surface area contributed by atoms with Gasteiger partial charge < -0.3 is 10.1 Å². The lowest BCUT2D eigenvalue weighted by molar-refractivity contribution is -0.155. The standard InChI is InChI=1S/C20H18N2O4/c23-18-16-10-5-6-11(7-10)17(16)19(24)22(18)15(20(25)26)8-12-9-21-14-4-2-1-3-13(12)14/h1-6,9-11,15-17,21H,7-8H2,(H,25,26)/t10-,11-,15-,16-,17+/m0/s1. The smallest absolute Gasteiger partial charge is 0.327 e. The lowest BCUT2D eigenvalue weighted by Crippen LogP contribution is -2.47. The number of carbonyl (C=O) groups excluding carboxylic acids is 2. The zero-order valence-electron chi connectivity index (χ0n) is 14.0. The van der Waals surface area contributed by atoms with Crippen molar-refractivity contribution >= 4 is 28.7 Å². The highest BCUT2D eigenvalue weighted by atomic mass is 16.4. The molecule has 3 aliphatic rings. The molecule has 5 rings (SSSR count). The van der Waals surface area contributed by atoms with Gasteiger partial charge in [0.2, 0.25) is 11.8 Å². The van der Waals surface area contributed by atoms with E-state index in [-0.39, 0.29) is 41.9 Å². The fourth-order valence-electron chi connectivity index (χ4n) is 5.03. The number of nitrogens with zero attached hydrogens (tertiary/aromatic N) is 1. The maximum atomic E-state index is 12.9. The third-order valence-electron chi connectivity index (χ3n) is 6.19. The number of nitrogens with one attached hydrogen (secondary N) is 1. The van der Waals surface area contributed by atoms with Crippen molar-refractivity contribution in [3.8, 4) is 0 Å². The van der Waals surface area contributed by atoms with Gasteiger partial charge in [0.25, 0.3) is 0 Å². The molecule has 1 aromatic carbocycles. The van der Waals surface area contributed by atoms with Crippen LogP contribution in [0, 0.1) is 23.7 Å². The van der Waals surface area contributed by atoms with E-state index in [1.165, 1.54) is 0 Å². The van der Waals surface area contributed by atoms with Gasteiger partial charge in [-0.15, -0.1) is 0 Å². The van der Waals surface area contributed by atoms with Gasteiger partial charge in [-0.25, -0.2) is 4.79 Å². The van der Waals surface area contributed by atoms with E-state index in [1.807, 2.05) is 36.4 Å². The number of rotatable bonds is 4. The van der Waals surface area contributed by atoms with E-state index in [9.17, 15) is 19.5 Å². The summed E-state index contributed by atoms with van der Waals surface area (Å²) in [5, 5.41) is 10.7. The maximum Gasteiger partial charge on any atom is 0.327 e. The maximum absolute atomic E-state index is 12.9. The highest BCUT2D eigenvalue weighted by Gasteiger charge is 2.61. The molecule has 2 amide bonds. The second-order valence-corrected chi connectivity index (χ2v) is 7.46. The first-order valence-corrected chi connectivity index (χ1v) is 8.89. The van der Waals surface area contributed by atoms with E-state index in [4.69, 9.17) is 0 Å². The van der Waals surface area contributed by atoms with Gasteiger partial charge >= 0.3 is 5.97 Å². The number of aliphatic carboxylic acids is 1. The monoisotopic (exact) mass is 350 g/mol. The number of amides is 2. The van der Waals surface area contributed by atoms with Crippen molar-refractivity contribution in [3.05, 3.63) is 48.2 Å². The lowest BCUT2D eigenvalue weighted by Gasteiger charge is -2.24. The summed E-state index contributed by atoms with van der Waals surface area (Å²) in [5.41, 5.74) is 1.71. The molecule has 6 heteroatoms. The third-order valence-corrected chi connectivity index (χ3v) is 6.19. The van der Waals surface area contributed by atoms with Crippen molar-refractivity contribution in [2.45, 2.75) is 18.9 Å². The minimum absolute atomic E-state index is 0.0778. The van der Waals surface area contributed by atoms with Crippen molar-refractivity contribution in [2.24, 2.45) is 23.7 Å². The van der Waals surface area contributed by atoms with E-state index < -0.39 is 12.0 Å². The SMILES string of the molecule is O=C(O)[C@H](Cc1c[nH]c2ccccc12)N1C(=O)[C@@H]2[C@H](C1=O)[C@H]1C=C[C@H]2C1. The predicted octanol–water partition coefficient (Wildman–Crippen LogP) is 1.97. The molecule has 1 aromatic heterocycles. The van der Waals surface area contributed by atoms with Crippen LogP contribution in [0.1, 0.15) is 12.0 Å². The van der Waals surface area contributed by atoms with Crippen LogP contribution in [0.15, 0.2) is 42.6 Å². The average molecular weight is 350 g/mol. The summed E-state index contributed by atoms with van der Waals surface area (Å²) in [6.07, 6.45) is 6.73. The Labute approximate surface area is 149 Å². The molecule has 5 atom stereocenters. The number of H-pyrrole nitrogens is 1. The molecule has 2 bridgehead atoms. The molecule has 0 unspecified atom stereocenters. The van der Waals surface area contributed by atoms with Crippen LogP contribution in [0.25, 0.3) is 10.9 Å². The quantitative estimate of drug-likeness (QED) is 0.652. The van der Waals surface area contributed by atoms with Crippen LogP contribution in [0.4, 0.5) is 0 Å². The normalized spacial score (nSPS) is 30.4. The molecule has 2 heterocycles. The molecule has 2 aromatic rings. The van der Waals surface area contributed by atoms with E-state index in [0.29, 0.717) is 0 Å². The summed E-state index contributed by atoms with van der Waals surface area (Å²) in [5.74, 6) is -2.36. The first-order valence-electron chi connectivity index (χ1n) is 8.89. The second kappa shape index (κ2) is 5.30. The van der Waals surface area contributed by atoms with Gasteiger partial charge in [0.05, 0.1) is 11.8 Å². The topological polar surface area (TPSA) is 90.5 Å². The van der Waals surface area contributed by atoms with Gasteiger partial charge in [-0.05, 0) is 29.9 Å². The molecule has 1 saturated heterocycles. The van der Waals surface area contributed by atoms with Gasteiger partial charge in [0.1, 0.15) is 6.04 Å². The number of carboxylic acids is 1. The molecule has 132 valence electrons. The summed E-state index contributed by atoms with van der Waals surface area (Å²) in [6.45, 7) is 0. The van der Waals surface area contributed by atoms with Crippen LogP contribution in [-0.4, -0.2) is 38.8 Å². The number of hydrogen-bond acceptors (Lipinski definition) is 3. The number of carbonyl (C=O) groups is 3. The fourth-order valence-corrected chi connectivity index (χ4v) is 5.03. The van der Waals surface area contributed by atoms with Crippen molar-refractivity contribution in [1.29, 1.82) is 0 Å². The molecule has 6 nitrogen and oxygen atoms in total. The molecule has 0 radical (unpaired) electrons. The molecule has 2 fully saturated rings. The molecule has 2 N–H and O–H groups in total. The number of aromatic amines is 1. The Morgan fingerprint density at radius 1 is 1.15 bits per heavy atom. The number of fused-ring (bicyclic) bond motifs is 6. The van der Waals surface area contributed by atoms with E-state index in [0.717, 1.165) is 27.8 Å². The first kappa shape index (κ1) is 15.4. The number of carboxylic acid groups (broad SMARTS) is 1. The van der Waals surface area contributed by atoms with Gasteiger partial charge in [-0.3, -0.25) is 14.5 Å². The first-order chi connectivity index (χ1) is 12.6. The number of benzene rings is 1. The Kier molecular flexibility index (Phi) is 3.13. The summed E-state index contributed by atoms with van der Waals surface area (Å²) >= 11 is 0. The second-order valence-electron chi connectivity index (χ2n) is 7.46. The zero-order chi connectivity index (χ0) is 18.0. The van der Waals surface area contributed by atoms with Gasteiger partial charge in [-0.2, -0.15) is 0 Å². The van der Waals surface area contributed by atoms with Crippen LogP contribution in [0.2, 0.25) is 0 Å². The molecular weight excluding hydrogens is 332 g/mol. The number of para-hydroxylation sites is 1. The summed E-state index contributed by atoms with van der Waals surface area (Å²) in [4.78, 5) is 42.0. The zero-order valence-corrected chi connectivity index (χ0v) is 14.0. The summed E-state index contributed by atoms with van der Waals surface area (Å²) in [7, 11) is 0. The number of likely N-dealkylation sites (tertiary alicyclic amines) is 1. The average Bonchev–Trinajstić information content (AvgIpc) is 3.37. The molecule has 2 aliphatic carbocycles. The van der Waals surface area contributed by atoms with E-state index in [2.05, 4.69) is 4.98 Å². The van der Waals surface area contributed by atoms with Crippen LogP contribution in [0.5, 0.6) is 0 Å². The number of imide groups is 1. The van der Waals surface area contributed by atoms with Crippen molar-refractivity contribution < 1.29 is 19.5 Å². The fraction of sp³-hybridized carbons (Fsp3) is 0.350. The molecule has 1 saturated carbocycles. The highest BCUT2D eigenvalue weighted by molar-refractivity contribution is 6.09. The van der Waals surface area contributed by atoms with Gasteiger partial charge in [0.15, 0.2) is 0 Å². The van der Waals surface area contributed by atoms with Gasteiger partial charge in [-0.1, -0.05) is 30.4 Å². The van der Waals surface area contributed by atoms with Crippen molar-refractivity contribution in [3.63, 3.8) is 0 Å². The Balaban J connectivity index is 1.49. The van der Waals surface area contributed by atoms with E-state index >= 15 is 0 Å². The Bertz CT molecular complexity index is 945. The van der Waals surface area contributed by atoms with Crippen molar-refractivity contribution in [1.82, 2.24) is 9.88 Å². The number of allylic oxidation sites excluding steroid dienone is 2. The van der Waals surface area contributed by atoms with Gasteiger partial charge in [0, 0.05) is 23.5 Å². The highest BCUT2D eigenvalue weighted by Crippen LogP contribution is 2.53. The predicted molar refractivity (Wildman–Crippen MR) is 93.0 cm³/mol. The number of aromatic nitrogens is 1. The van der Waals surface area contributed by atoms with Crippen LogP contribution in [-0.2, 0) is 20.8 Å². The Morgan fingerprint density at radius 2 is 1.81 bits per heavy atom. The third kappa shape index (κ3) is 1.95. The van der Waals surface area contributed by atoms with Crippen molar-refractivity contribution in [2.75, 3.05) is 0 Å². The van der Waals surface area contributed by atoms with Crippen LogP contribution < -0.4 is 0 Å². The molecule has 26 heavy (non-hydrogen) atoms. The van der Waals surface area contributed by atoms with Crippen LogP contribution in [0.3, 0.4) is 0 Å². The minimum atomic E-state index is -1.17. The van der Waals surface area contributed by atoms with Crippen LogP contribution >= 0.6 is 0 Å². The Hall–Kier alpha value is -2.89. The summed E-state index contributed by atoms with van der Waals surface area (Å²) in [6, 6.07) is 6.44. The number of hydrogen-bond donors (Lipinski definition) is 2. The minimum Gasteiger partial charge on any atom is -0.480 e. The summed E-state index contributed by atoms with van der Waals surface area (Å²) < 4.78 is 0. The largest absolute Gasteiger partial charge is 0.480 e. The van der Waals surface area contributed by atoms with E-state index in [1.54, 1.807) is 6.20 Å². The Morgan fingerprint density at radius 3 is 2.46 bits per heavy atom. The lowest BCUT2D eigenvalue weighted by atomic mass is 9.85. The molecular formula is C20H18N2O4.